The maximum atomic E-state index is 11.2. The molecule has 1 unspecified atom stereocenters. The Balaban J connectivity index is 1.32. The highest BCUT2D eigenvalue weighted by atomic mass is 32.2. The molecule has 31 heavy (non-hydrogen) atoms. The van der Waals surface area contributed by atoms with E-state index in [-0.39, 0.29) is 0 Å². The molecule has 160 valence electrons. The van der Waals surface area contributed by atoms with E-state index in [1.807, 2.05) is 24.5 Å². The maximum Gasteiger partial charge on any atom is 0.233 e. The van der Waals surface area contributed by atoms with E-state index in [9.17, 15) is 9.90 Å². The van der Waals surface area contributed by atoms with Gasteiger partial charge in [0.05, 0.1) is 12.4 Å². The number of amides is 1. The molecule has 10 heteroatoms. The van der Waals surface area contributed by atoms with Gasteiger partial charge in [-0.1, -0.05) is 0 Å². The fourth-order valence-corrected chi connectivity index (χ4v) is 4.56. The molecular weight excluding hydrogens is 414 g/mol. The third kappa shape index (κ3) is 4.17. The van der Waals surface area contributed by atoms with Crippen LogP contribution in [-0.4, -0.2) is 39.5 Å². The Morgan fingerprint density at radius 1 is 1.39 bits per heavy atom. The van der Waals surface area contributed by atoms with Crippen LogP contribution in [0.2, 0.25) is 0 Å². The number of benzene rings is 1. The number of hydrogen-bond acceptors (Lipinski definition) is 7. The van der Waals surface area contributed by atoms with Crippen molar-refractivity contribution < 1.29 is 14.8 Å². The minimum absolute atomic E-state index is 0.347. The molecule has 0 bridgehead atoms. The number of carbonyl (C=O) groups is 1. The largest absolute Gasteiger partial charge is 0.530 e. The first kappa shape index (κ1) is 19.7. The molecule has 2 aliphatic heterocycles. The molecule has 1 aromatic heterocycles. The molecule has 3 N–H and O–H groups in total. The van der Waals surface area contributed by atoms with Gasteiger partial charge < -0.3 is 14.8 Å². The third-order valence-corrected chi connectivity index (χ3v) is 6.39. The Labute approximate surface area is 184 Å². The van der Waals surface area contributed by atoms with Gasteiger partial charge in [-0.05, 0) is 56.0 Å². The Kier molecular flexibility index (Phi) is 5.16. The van der Waals surface area contributed by atoms with Crippen molar-refractivity contribution in [2.24, 2.45) is 4.99 Å². The Hall–Kier alpha value is -3.24. The summed E-state index contributed by atoms with van der Waals surface area (Å²) in [5.41, 5.74) is 1.79. The van der Waals surface area contributed by atoms with Gasteiger partial charge in [0.15, 0.2) is 5.82 Å². The summed E-state index contributed by atoms with van der Waals surface area (Å²) in [5, 5.41) is 22.2. The summed E-state index contributed by atoms with van der Waals surface area (Å²) in [5.74, 6) is 3.38. The number of rotatable bonds is 7. The van der Waals surface area contributed by atoms with Crippen molar-refractivity contribution in [3.8, 4) is 0 Å². The number of aromatic nitrogens is 2. The van der Waals surface area contributed by atoms with Crippen molar-refractivity contribution in [1.82, 2.24) is 14.5 Å². The zero-order chi connectivity index (χ0) is 21.4. The molecule has 1 fully saturated rings. The molecule has 1 amide bonds. The zero-order valence-corrected chi connectivity index (χ0v) is 17.9. The number of amidine groups is 1. The van der Waals surface area contributed by atoms with E-state index in [2.05, 4.69) is 37.1 Å². The topological polar surface area (TPSA) is 104 Å². The lowest BCUT2D eigenvalue weighted by Crippen LogP contribution is -3.10. The number of quaternary nitrogens is 1. The summed E-state index contributed by atoms with van der Waals surface area (Å²) in [7, 11) is 0. The van der Waals surface area contributed by atoms with Gasteiger partial charge >= 0.3 is 0 Å². The number of anilines is 2. The van der Waals surface area contributed by atoms with Crippen LogP contribution in [0.1, 0.15) is 31.4 Å². The minimum atomic E-state index is -1.20. The lowest BCUT2D eigenvalue weighted by Gasteiger charge is -2.28. The number of carbonyl (C=O) groups excluding carboxylic acids is 1. The zero-order valence-electron chi connectivity index (χ0n) is 17.0. The highest BCUT2D eigenvalue weighted by molar-refractivity contribution is 7.97. The molecule has 2 aromatic rings. The first-order valence-corrected chi connectivity index (χ1v) is 11.1. The van der Waals surface area contributed by atoms with Gasteiger partial charge in [-0.25, -0.2) is 9.89 Å². The molecule has 0 spiro atoms. The number of hydrogen-bond donors (Lipinski definition) is 3. The smallest absolute Gasteiger partial charge is 0.233 e. The summed E-state index contributed by atoms with van der Waals surface area (Å²) in [6, 6.07) is 9.50. The van der Waals surface area contributed by atoms with Crippen LogP contribution in [-0.2, 0) is 0 Å². The summed E-state index contributed by atoms with van der Waals surface area (Å²) in [6.07, 6.45) is 7.15. The van der Waals surface area contributed by atoms with Crippen LogP contribution in [0.5, 0.6) is 0 Å². The quantitative estimate of drug-likeness (QED) is 0.567. The lowest BCUT2D eigenvalue weighted by atomic mass is 10.3. The van der Waals surface area contributed by atoms with Crippen molar-refractivity contribution in [1.29, 1.82) is 0 Å². The van der Waals surface area contributed by atoms with Gasteiger partial charge in [0.1, 0.15) is 18.8 Å². The Bertz CT molecular complexity index is 1070. The minimum Gasteiger partial charge on any atom is -0.530 e. The number of fused-ring (bicyclic) bond motifs is 1. The van der Waals surface area contributed by atoms with Crippen LogP contribution in [0.3, 0.4) is 0 Å². The first-order valence-electron chi connectivity index (χ1n) is 10.3. The van der Waals surface area contributed by atoms with Crippen molar-refractivity contribution in [3.05, 3.63) is 60.4 Å². The van der Waals surface area contributed by atoms with Gasteiger partial charge in [0.2, 0.25) is 11.7 Å². The number of nitrogens with zero attached hydrogens (tertiary/aromatic N) is 4. The molecule has 3 heterocycles. The van der Waals surface area contributed by atoms with E-state index >= 15 is 0 Å². The van der Waals surface area contributed by atoms with Crippen LogP contribution in [0.15, 0.2) is 64.6 Å². The second-order valence-corrected chi connectivity index (χ2v) is 8.75. The van der Waals surface area contributed by atoms with E-state index < -0.39 is 6.09 Å². The highest BCUT2D eigenvalue weighted by Gasteiger charge is 2.32. The molecule has 1 aliphatic carbocycles. The first-order chi connectivity index (χ1) is 15.1. The standard InChI is InChI=1S/C21H23N7O2S/c1-2-27(21(29)30)15-5-7-16(8-6-15)31-26-12-19-22-9-10-28(19)20(13-26)23-18-11-17(24-25-18)14-3-4-14/h5-11,13-14H,2-4,12H2,1H3,(H,29,30)(H2,23,24,25). The average Bonchev–Trinajstić information content (AvgIpc) is 3.31. The van der Waals surface area contributed by atoms with Crippen LogP contribution in [0.25, 0.3) is 0 Å². The van der Waals surface area contributed by atoms with E-state index in [1.165, 1.54) is 23.4 Å². The van der Waals surface area contributed by atoms with Gasteiger partial charge in [0, 0.05) is 34.8 Å². The summed E-state index contributed by atoms with van der Waals surface area (Å²) >= 11 is 1.57. The molecule has 1 aromatic carbocycles. The van der Waals surface area contributed by atoms with Gasteiger partial charge in [0.25, 0.3) is 0 Å². The number of aliphatic imine (C=N–C) groups is 1. The van der Waals surface area contributed by atoms with E-state index in [1.54, 1.807) is 31.0 Å². The summed E-state index contributed by atoms with van der Waals surface area (Å²) in [6.45, 7) is 2.80. The number of aromatic amines is 1. The van der Waals surface area contributed by atoms with Crippen LogP contribution >= 0.6 is 11.9 Å². The average molecular weight is 438 g/mol. The molecular formula is C21H23N7O2S. The summed E-state index contributed by atoms with van der Waals surface area (Å²) < 4.78 is 2.11. The summed E-state index contributed by atoms with van der Waals surface area (Å²) in [4.78, 5) is 19.0. The number of H-pyrrole nitrogens is 1. The van der Waals surface area contributed by atoms with Crippen molar-refractivity contribution in [3.63, 3.8) is 0 Å². The van der Waals surface area contributed by atoms with Crippen LogP contribution < -0.4 is 20.2 Å². The van der Waals surface area contributed by atoms with Crippen molar-refractivity contribution in [2.45, 2.75) is 30.6 Å². The second kappa shape index (κ2) is 8.12. The molecule has 1 saturated carbocycles. The highest BCUT2D eigenvalue weighted by Crippen LogP contribution is 2.39. The Morgan fingerprint density at radius 2 is 2.19 bits per heavy atom. The molecule has 5 rings (SSSR count). The van der Waals surface area contributed by atoms with Gasteiger partial charge in [-0.3, -0.25) is 14.7 Å². The van der Waals surface area contributed by atoms with Crippen LogP contribution in [0, 0.1) is 0 Å². The predicted octanol–water partition coefficient (Wildman–Crippen LogP) is 1.46. The van der Waals surface area contributed by atoms with E-state index in [4.69, 9.17) is 0 Å². The predicted molar refractivity (Wildman–Crippen MR) is 117 cm³/mol. The SMILES string of the molecule is CCN(C(=O)[O-])c1ccc(SN2C=C(Nc3cc(C4CC4)[nH]n3)[NH+]3C=CN=C3C2)cc1. The molecule has 3 aliphatic rings. The third-order valence-electron chi connectivity index (χ3n) is 5.44. The van der Waals surface area contributed by atoms with Gasteiger partial charge in [-0.15, -0.1) is 0 Å². The molecule has 0 radical (unpaired) electrons. The van der Waals surface area contributed by atoms with E-state index in [0.29, 0.717) is 24.7 Å². The monoisotopic (exact) mass is 437 g/mol. The number of carboxylic acid groups (broad SMARTS) is 1. The van der Waals surface area contributed by atoms with Gasteiger partial charge in [-0.2, -0.15) is 5.10 Å². The normalized spacial score (nSPS) is 19.6. The molecule has 1 atom stereocenters. The number of nitrogens with one attached hydrogen (secondary N) is 3. The lowest BCUT2D eigenvalue weighted by molar-refractivity contribution is -0.699. The second-order valence-electron chi connectivity index (χ2n) is 7.63. The van der Waals surface area contributed by atoms with E-state index in [0.717, 1.165) is 27.3 Å². The fraction of sp³-hybridized carbons (Fsp3) is 0.286. The maximum absolute atomic E-state index is 11.2. The molecule has 0 saturated heterocycles. The van der Waals surface area contributed by atoms with Crippen LogP contribution in [0.4, 0.5) is 16.3 Å². The Morgan fingerprint density at radius 3 is 2.90 bits per heavy atom. The van der Waals surface area contributed by atoms with Crippen molar-refractivity contribution in [2.75, 3.05) is 23.3 Å². The van der Waals surface area contributed by atoms with Crippen molar-refractivity contribution >= 4 is 35.4 Å². The molecule has 9 nitrogen and oxygen atoms in total. The fourth-order valence-electron chi connectivity index (χ4n) is 3.69.